The van der Waals surface area contributed by atoms with E-state index in [-0.39, 0.29) is 21.4 Å². The maximum Gasteiger partial charge on any atom is 0.339 e. The lowest BCUT2D eigenvalue weighted by atomic mass is 10.1. The Morgan fingerprint density at radius 1 is 1.03 bits per heavy atom. The van der Waals surface area contributed by atoms with E-state index < -0.39 is 10.1 Å². The molecule has 0 aliphatic carbocycles. The Morgan fingerprint density at radius 2 is 1.77 bits per heavy atom. The van der Waals surface area contributed by atoms with Gasteiger partial charge in [0, 0.05) is 6.21 Å². The van der Waals surface area contributed by atoms with Crippen molar-refractivity contribution in [1.82, 2.24) is 0 Å². The largest absolute Gasteiger partial charge is 0.490 e. The van der Waals surface area contributed by atoms with E-state index in [2.05, 4.69) is 11.1 Å². The smallest absolute Gasteiger partial charge is 0.339 e. The van der Waals surface area contributed by atoms with Crippen LogP contribution in [0.4, 0.5) is 5.69 Å². The van der Waals surface area contributed by atoms with Crippen LogP contribution in [0.15, 0.2) is 70.6 Å². The first kappa shape index (κ1) is 21.9. The van der Waals surface area contributed by atoms with Crippen LogP contribution < -0.4 is 8.92 Å². The third-order valence-electron chi connectivity index (χ3n) is 4.26. The van der Waals surface area contributed by atoms with Gasteiger partial charge in [-0.1, -0.05) is 47.5 Å². The highest BCUT2D eigenvalue weighted by molar-refractivity contribution is 7.87. The Morgan fingerprint density at radius 3 is 2.43 bits per heavy atom. The third-order valence-corrected chi connectivity index (χ3v) is 5.78. The monoisotopic (exact) mass is 443 g/mol. The van der Waals surface area contributed by atoms with Crippen LogP contribution in [0.2, 0.25) is 5.02 Å². The predicted octanol–water partition coefficient (Wildman–Crippen LogP) is 5.87. The molecular formula is C23H22ClNO4S. The van der Waals surface area contributed by atoms with E-state index in [0.717, 1.165) is 16.8 Å². The molecule has 0 unspecified atom stereocenters. The third kappa shape index (κ3) is 5.20. The first-order valence-corrected chi connectivity index (χ1v) is 11.2. The Hall–Kier alpha value is -2.83. The maximum atomic E-state index is 12.6. The Bertz CT molecular complexity index is 1180. The van der Waals surface area contributed by atoms with Gasteiger partial charge in [-0.15, -0.1) is 0 Å². The van der Waals surface area contributed by atoms with E-state index in [1.165, 1.54) is 12.1 Å². The first-order chi connectivity index (χ1) is 14.3. The number of hydrogen-bond acceptors (Lipinski definition) is 5. The van der Waals surface area contributed by atoms with Gasteiger partial charge in [0.2, 0.25) is 5.75 Å². The molecule has 5 nitrogen and oxygen atoms in total. The molecule has 0 heterocycles. The fourth-order valence-electron chi connectivity index (χ4n) is 2.85. The Kier molecular flexibility index (Phi) is 6.80. The number of hydrogen-bond donors (Lipinski definition) is 0. The molecule has 0 N–H and O–H groups in total. The second kappa shape index (κ2) is 9.32. The fourth-order valence-corrected chi connectivity index (χ4v) is 4.13. The molecule has 0 atom stereocenters. The van der Waals surface area contributed by atoms with Crippen molar-refractivity contribution < 1.29 is 17.3 Å². The molecule has 0 aliphatic rings. The highest BCUT2D eigenvalue weighted by atomic mass is 35.5. The molecule has 0 bridgehead atoms. The van der Waals surface area contributed by atoms with Gasteiger partial charge in [0.05, 0.1) is 17.3 Å². The molecule has 7 heteroatoms. The molecule has 0 spiro atoms. The summed E-state index contributed by atoms with van der Waals surface area (Å²) in [6.45, 7) is 6.12. The van der Waals surface area contributed by atoms with Gasteiger partial charge in [-0.25, -0.2) is 0 Å². The van der Waals surface area contributed by atoms with Crippen molar-refractivity contribution in [1.29, 1.82) is 0 Å². The average molecular weight is 444 g/mol. The number of aryl methyl sites for hydroxylation is 2. The molecular weight excluding hydrogens is 422 g/mol. The molecule has 3 aromatic carbocycles. The zero-order valence-electron chi connectivity index (χ0n) is 16.9. The van der Waals surface area contributed by atoms with Gasteiger partial charge in [0.25, 0.3) is 0 Å². The summed E-state index contributed by atoms with van der Waals surface area (Å²) in [4.78, 5) is 4.54. The van der Waals surface area contributed by atoms with Crippen LogP contribution in [0.25, 0.3) is 0 Å². The van der Waals surface area contributed by atoms with Crippen LogP contribution in [0.3, 0.4) is 0 Å². The summed E-state index contributed by atoms with van der Waals surface area (Å²) in [7, 11) is -4.05. The van der Waals surface area contributed by atoms with Crippen LogP contribution in [0.5, 0.6) is 11.5 Å². The SMILES string of the molecule is CCOc1cc(C=Nc2ccc(C)cc2C)cc(Cl)c1OS(=O)(=O)c1ccccc1. The molecule has 0 aliphatic heterocycles. The van der Waals surface area contributed by atoms with Crippen LogP contribution in [0.1, 0.15) is 23.6 Å². The lowest BCUT2D eigenvalue weighted by molar-refractivity contribution is 0.327. The summed E-state index contributed by atoms with van der Waals surface area (Å²) in [5.74, 6) is 0.178. The number of rotatable bonds is 7. The molecule has 3 rings (SSSR count). The minimum atomic E-state index is -4.05. The Balaban J connectivity index is 1.95. The Labute approximate surface area is 182 Å². The molecule has 0 aromatic heterocycles. The lowest BCUT2D eigenvalue weighted by Crippen LogP contribution is -2.11. The molecule has 0 saturated heterocycles. The fraction of sp³-hybridized carbons (Fsp3) is 0.174. The first-order valence-electron chi connectivity index (χ1n) is 9.37. The summed E-state index contributed by atoms with van der Waals surface area (Å²) in [5.41, 5.74) is 3.71. The van der Waals surface area contributed by atoms with E-state index in [0.29, 0.717) is 12.2 Å². The van der Waals surface area contributed by atoms with Crippen LogP contribution in [-0.2, 0) is 10.1 Å². The maximum absolute atomic E-state index is 12.6. The van der Waals surface area contributed by atoms with E-state index in [4.69, 9.17) is 20.5 Å². The topological polar surface area (TPSA) is 65.0 Å². The van der Waals surface area contributed by atoms with Gasteiger partial charge in [-0.3, -0.25) is 4.99 Å². The van der Waals surface area contributed by atoms with E-state index >= 15 is 0 Å². The van der Waals surface area contributed by atoms with Crippen molar-refractivity contribution in [2.24, 2.45) is 4.99 Å². The lowest BCUT2D eigenvalue weighted by Gasteiger charge is -2.14. The van der Waals surface area contributed by atoms with Gasteiger partial charge in [0.15, 0.2) is 5.75 Å². The second-order valence-corrected chi connectivity index (χ2v) is 8.62. The second-order valence-electron chi connectivity index (χ2n) is 6.66. The average Bonchev–Trinajstić information content (AvgIpc) is 2.71. The summed E-state index contributed by atoms with van der Waals surface area (Å²) in [5, 5.41) is 0.113. The highest BCUT2D eigenvalue weighted by Gasteiger charge is 2.22. The molecule has 0 fully saturated rings. The molecule has 0 amide bonds. The summed E-state index contributed by atoms with van der Waals surface area (Å²) < 4.78 is 36.1. The van der Waals surface area contributed by atoms with Gasteiger partial charge < -0.3 is 8.92 Å². The number of benzene rings is 3. The molecule has 30 heavy (non-hydrogen) atoms. The zero-order valence-corrected chi connectivity index (χ0v) is 18.5. The zero-order chi connectivity index (χ0) is 21.7. The van der Waals surface area contributed by atoms with Gasteiger partial charge in [0.1, 0.15) is 4.90 Å². The normalized spacial score (nSPS) is 11.6. The quantitative estimate of drug-likeness (QED) is 0.338. The van der Waals surface area contributed by atoms with E-state index in [9.17, 15) is 8.42 Å². The summed E-state index contributed by atoms with van der Waals surface area (Å²) in [6, 6.07) is 17.1. The number of ether oxygens (including phenoxy) is 1. The predicted molar refractivity (Wildman–Crippen MR) is 120 cm³/mol. The molecule has 0 radical (unpaired) electrons. The van der Waals surface area contributed by atoms with E-state index in [1.807, 2.05) is 26.0 Å². The van der Waals surface area contributed by atoms with Crippen LogP contribution in [0, 0.1) is 13.8 Å². The highest BCUT2D eigenvalue weighted by Crippen LogP contribution is 2.38. The van der Waals surface area contributed by atoms with Gasteiger partial charge >= 0.3 is 10.1 Å². The summed E-state index contributed by atoms with van der Waals surface area (Å²) in [6.07, 6.45) is 1.65. The molecule has 0 saturated carbocycles. The molecule has 156 valence electrons. The van der Waals surface area contributed by atoms with Crippen molar-refractivity contribution >= 4 is 33.6 Å². The summed E-state index contributed by atoms with van der Waals surface area (Å²) >= 11 is 6.37. The van der Waals surface area contributed by atoms with Gasteiger partial charge in [-0.05, 0) is 62.2 Å². The minimum Gasteiger partial charge on any atom is -0.490 e. The van der Waals surface area contributed by atoms with Gasteiger partial charge in [-0.2, -0.15) is 8.42 Å². The van der Waals surface area contributed by atoms with Crippen molar-refractivity contribution in [3.05, 3.63) is 82.4 Å². The number of nitrogens with zero attached hydrogens (tertiary/aromatic N) is 1. The van der Waals surface area contributed by atoms with E-state index in [1.54, 1.807) is 43.5 Å². The number of aliphatic imine (C=N–C) groups is 1. The number of halogens is 1. The van der Waals surface area contributed by atoms with Crippen molar-refractivity contribution in [2.45, 2.75) is 25.7 Å². The molecule has 3 aromatic rings. The van der Waals surface area contributed by atoms with Crippen molar-refractivity contribution in [3.63, 3.8) is 0 Å². The minimum absolute atomic E-state index is 0.0315. The van der Waals surface area contributed by atoms with Crippen molar-refractivity contribution in [2.75, 3.05) is 6.61 Å². The van der Waals surface area contributed by atoms with Crippen LogP contribution >= 0.6 is 11.6 Å². The van der Waals surface area contributed by atoms with Crippen LogP contribution in [-0.4, -0.2) is 21.2 Å². The standard InChI is InChI=1S/C23H22ClNO4S/c1-4-28-22-14-18(15-25-21-11-10-16(2)12-17(21)3)13-20(24)23(22)29-30(26,27)19-8-6-5-7-9-19/h5-15H,4H2,1-3H3. The van der Waals surface area contributed by atoms with Crippen molar-refractivity contribution in [3.8, 4) is 11.5 Å².